The number of aliphatic hydroxyl groups excluding tert-OH is 5. The molecule has 1 aliphatic rings. The molecule has 1 amide bonds. The van der Waals surface area contributed by atoms with Gasteiger partial charge in [-0.1, -0.05) is 0 Å². The fourth-order valence-corrected chi connectivity index (χ4v) is 1.56. The molecule has 6 atom stereocenters. The molecule has 0 aromatic heterocycles. The highest BCUT2D eigenvalue weighted by molar-refractivity contribution is 5.85. The van der Waals surface area contributed by atoms with Crippen molar-refractivity contribution in [3.8, 4) is 0 Å². The summed E-state index contributed by atoms with van der Waals surface area (Å²) in [5.74, 6) is -1.51. The highest BCUT2D eigenvalue weighted by atomic mass is 16.4. The summed E-state index contributed by atoms with van der Waals surface area (Å²) in [5, 5.41) is 55.6. The second-order valence-corrected chi connectivity index (χ2v) is 3.55. The Balaban J connectivity index is 3.12. The molecule has 0 aromatic rings. The number of carbonyl (C=O) groups excluding carboxylic acids is 1. The van der Waals surface area contributed by atoms with Crippen LogP contribution in [0.5, 0.6) is 0 Å². The molecule has 1 fully saturated rings. The molecule has 8 heteroatoms. The van der Waals surface area contributed by atoms with E-state index in [1.165, 1.54) is 0 Å². The van der Waals surface area contributed by atoms with Gasteiger partial charge in [0.2, 0.25) is 0 Å². The number of amides is 1. The minimum absolute atomic E-state index is 1.51. The van der Waals surface area contributed by atoms with Crippen LogP contribution in [0.25, 0.3) is 0 Å². The first-order valence-corrected chi connectivity index (χ1v) is 4.17. The van der Waals surface area contributed by atoms with Crippen molar-refractivity contribution in [2.24, 2.45) is 5.73 Å². The number of carbonyl (C=O) groups is 1. The van der Waals surface area contributed by atoms with E-state index in [-0.39, 0.29) is 0 Å². The zero-order chi connectivity index (χ0) is 12.0. The molecule has 1 rings (SSSR count). The summed E-state index contributed by atoms with van der Waals surface area (Å²) in [5.41, 5.74) is 1.85. The summed E-state index contributed by atoms with van der Waals surface area (Å²) < 4.78 is 0. The predicted octanol–water partition coefficient (Wildman–Crippen LogP) is -4.98. The van der Waals surface area contributed by atoms with Gasteiger partial charge in [-0.15, -0.1) is 0 Å². The Kier molecular flexibility index (Phi) is 3.01. The van der Waals surface area contributed by atoms with Crippen molar-refractivity contribution < 1.29 is 35.4 Å². The van der Waals surface area contributed by atoms with Crippen molar-refractivity contribution in [1.29, 1.82) is 0 Å². The second-order valence-electron chi connectivity index (χ2n) is 3.55. The van der Waals surface area contributed by atoms with Crippen molar-refractivity contribution in [1.82, 2.24) is 0 Å². The minimum Gasteiger partial charge on any atom is -0.387 e. The average Bonchev–Trinajstić information content (AvgIpc) is 2.20. The van der Waals surface area contributed by atoms with Crippen LogP contribution in [-0.2, 0) is 4.79 Å². The average molecular weight is 223 g/mol. The van der Waals surface area contributed by atoms with E-state index in [0.717, 1.165) is 0 Å². The molecular formula is C7H13NO7. The second kappa shape index (κ2) is 3.67. The third-order valence-corrected chi connectivity index (χ3v) is 2.64. The van der Waals surface area contributed by atoms with Crippen LogP contribution in [0.2, 0.25) is 0 Å². The fraction of sp³-hybridized carbons (Fsp3) is 0.857. The quantitative estimate of drug-likeness (QED) is 0.234. The van der Waals surface area contributed by atoms with E-state index in [1.807, 2.05) is 0 Å². The molecule has 0 bridgehead atoms. The van der Waals surface area contributed by atoms with E-state index in [0.29, 0.717) is 0 Å². The van der Waals surface area contributed by atoms with Gasteiger partial charge in [-0.05, 0) is 0 Å². The van der Waals surface area contributed by atoms with Crippen LogP contribution in [0.3, 0.4) is 0 Å². The van der Waals surface area contributed by atoms with Gasteiger partial charge in [-0.2, -0.15) is 0 Å². The summed E-state index contributed by atoms with van der Waals surface area (Å²) in [4.78, 5) is 10.8. The molecule has 8 nitrogen and oxygen atoms in total. The molecule has 0 aliphatic heterocycles. The maximum Gasteiger partial charge on any atom is 0.255 e. The van der Waals surface area contributed by atoms with Gasteiger partial charge in [-0.3, -0.25) is 4.79 Å². The SMILES string of the molecule is NC(=O)C1(O)[C@H](O)[C@H](O)C(O)[C@H](O)[C@H]1O. The predicted molar refractivity (Wildman–Crippen MR) is 44.2 cm³/mol. The van der Waals surface area contributed by atoms with E-state index in [4.69, 9.17) is 10.8 Å². The molecule has 0 aromatic carbocycles. The topological polar surface area (TPSA) is 164 Å². The Morgan fingerprint density at radius 2 is 1.27 bits per heavy atom. The monoisotopic (exact) mass is 223 g/mol. The van der Waals surface area contributed by atoms with Gasteiger partial charge in [0.05, 0.1) is 0 Å². The summed E-state index contributed by atoms with van der Waals surface area (Å²) in [7, 11) is 0. The number of rotatable bonds is 1. The summed E-state index contributed by atoms with van der Waals surface area (Å²) >= 11 is 0. The maximum absolute atomic E-state index is 10.8. The third kappa shape index (κ3) is 1.51. The lowest BCUT2D eigenvalue weighted by atomic mass is 9.74. The van der Waals surface area contributed by atoms with E-state index in [9.17, 15) is 30.3 Å². The normalized spacial score (nSPS) is 51.5. The largest absolute Gasteiger partial charge is 0.387 e. The van der Waals surface area contributed by atoms with Crippen LogP contribution in [0.4, 0.5) is 0 Å². The highest BCUT2D eigenvalue weighted by Gasteiger charge is 2.60. The molecule has 1 aliphatic carbocycles. The van der Waals surface area contributed by atoms with Crippen LogP contribution >= 0.6 is 0 Å². The van der Waals surface area contributed by atoms with Gasteiger partial charge >= 0.3 is 0 Å². The molecule has 2 unspecified atom stereocenters. The van der Waals surface area contributed by atoms with Crippen molar-refractivity contribution in [3.63, 3.8) is 0 Å². The van der Waals surface area contributed by atoms with Crippen molar-refractivity contribution >= 4 is 5.91 Å². The Bertz CT molecular complexity index is 254. The van der Waals surface area contributed by atoms with Gasteiger partial charge in [0.25, 0.3) is 5.91 Å². The van der Waals surface area contributed by atoms with Crippen molar-refractivity contribution in [2.75, 3.05) is 0 Å². The molecule has 8 N–H and O–H groups in total. The molecule has 1 saturated carbocycles. The van der Waals surface area contributed by atoms with E-state index in [2.05, 4.69) is 0 Å². The van der Waals surface area contributed by atoms with Gasteiger partial charge in [0.15, 0.2) is 5.60 Å². The number of hydrogen-bond donors (Lipinski definition) is 7. The molecule has 0 saturated heterocycles. The third-order valence-electron chi connectivity index (χ3n) is 2.64. The van der Waals surface area contributed by atoms with E-state index < -0.39 is 42.0 Å². The fourth-order valence-electron chi connectivity index (χ4n) is 1.56. The van der Waals surface area contributed by atoms with Gasteiger partial charge in [-0.25, -0.2) is 0 Å². The Morgan fingerprint density at radius 1 is 0.933 bits per heavy atom. The van der Waals surface area contributed by atoms with Crippen molar-refractivity contribution in [3.05, 3.63) is 0 Å². The first-order chi connectivity index (χ1) is 6.74. The standard InChI is InChI=1S/C7H13NO7/c8-6(14)7(15)4(12)2(10)1(9)3(11)5(7)13/h1-5,9-13,15H,(H2,8,14)/t1?,2-,3+,4-,5-,7?/m1/s1. The molecule has 0 spiro atoms. The summed E-state index contributed by atoms with van der Waals surface area (Å²) in [6.45, 7) is 0. The van der Waals surface area contributed by atoms with Gasteiger partial charge in [0, 0.05) is 0 Å². The lowest BCUT2D eigenvalue weighted by molar-refractivity contribution is -0.258. The van der Waals surface area contributed by atoms with Crippen LogP contribution in [-0.4, -0.2) is 72.7 Å². The van der Waals surface area contributed by atoms with E-state index in [1.54, 1.807) is 0 Å². The first kappa shape index (κ1) is 12.3. The van der Waals surface area contributed by atoms with Crippen LogP contribution in [0, 0.1) is 0 Å². The minimum atomic E-state index is -2.89. The Labute approximate surface area is 84.2 Å². The molecule has 15 heavy (non-hydrogen) atoms. The number of primary amides is 1. The van der Waals surface area contributed by atoms with Crippen LogP contribution in [0.15, 0.2) is 0 Å². The lowest BCUT2D eigenvalue weighted by Crippen LogP contribution is -2.74. The van der Waals surface area contributed by atoms with E-state index >= 15 is 0 Å². The van der Waals surface area contributed by atoms with Crippen LogP contribution in [0.1, 0.15) is 0 Å². The van der Waals surface area contributed by atoms with Gasteiger partial charge in [0.1, 0.15) is 30.5 Å². The zero-order valence-electron chi connectivity index (χ0n) is 7.56. The number of hydrogen-bond acceptors (Lipinski definition) is 7. The molecule has 0 radical (unpaired) electrons. The molecular weight excluding hydrogens is 210 g/mol. The summed E-state index contributed by atoms with van der Waals surface area (Å²) in [6.07, 6.45) is -10.2. The maximum atomic E-state index is 10.8. The Morgan fingerprint density at radius 3 is 1.53 bits per heavy atom. The lowest BCUT2D eigenvalue weighted by Gasteiger charge is -2.45. The number of aliphatic hydroxyl groups is 6. The zero-order valence-corrected chi connectivity index (χ0v) is 7.56. The van der Waals surface area contributed by atoms with Crippen molar-refractivity contribution in [2.45, 2.75) is 36.1 Å². The smallest absolute Gasteiger partial charge is 0.255 e. The Hall–Kier alpha value is -0.770. The summed E-state index contributed by atoms with van der Waals surface area (Å²) in [6, 6.07) is 0. The number of nitrogens with two attached hydrogens (primary N) is 1. The van der Waals surface area contributed by atoms with Gasteiger partial charge < -0.3 is 36.4 Å². The first-order valence-electron chi connectivity index (χ1n) is 4.17. The molecule has 88 valence electrons. The highest BCUT2D eigenvalue weighted by Crippen LogP contribution is 2.29. The van der Waals surface area contributed by atoms with Crippen LogP contribution < -0.4 is 5.73 Å². The molecule has 0 heterocycles.